The van der Waals surface area contributed by atoms with Crippen molar-refractivity contribution in [1.29, 1.82) is 0 Å². The van der Waals surface area contributed by atoms with Crippen molar-refractivity contribution in [1.82, 2.24) is 0 Å². The molecule has 1 aliphatic heterocycles. The molecule has 1 unspecified atom stereocenters. The Balaban J connectivity index is 2.39. The van der Waals surface area contributed by atoms with E-state index in [-0.39, 0.29) is 5.41 Å². The van der Waals surface area contributed by atoms with E-state index >= 15 is 0 Å². The fraction of sp³-hybridized carbons (Fsp3) is 0.600. The molecule has 0 aromatic heterocycles. The molecule has 2 heteroatoms. The minimum atomic E-state index is 0.215. The van der Waals surface area contributed by atoms with E-state index in [1.807, 2.05) is 0 Å². The second-order valence-electron chi connectivity index (χ2n) is 6.35. The van der Waals surface area contributed by atoms with E-state index in [0.717, 1.165) is 13.1 Å². The SMILES string of the molecule is CC1CNc2cc(C(C)(C)C)ccc2N(C)C1. The van der Waals surface area contributed by atoms with Gasteiger partial charge in [0.15, 0.2) is 0 Å². The summed E-state index contributed by atoms with van der Waals surface area (Å²) >= 11 is 0. The molecule has 0 aliphatic carbocycles. The molecule has 1 aromatic rings. The fourth-order valence-electron chi connectivity index (χ4n) is 2.39. The highest BCUT2D eigenvalue weighted by molar-refractivity contribution is 5.72. The smallest absolute Gasteiger partial charge is 0.0599 e. The van der Waals surface area contributed by atoms with Crippen LogP contribution in [0.25, 0.3) is 0 Å². The summed E-state index contributed by atoms with van der Waals surface area (Å²) in [5.74, 6) is 0.686. The van der Waals surface area contributed by atoms with Crippen LogP contribution in [0.4, 0.5) is 11.4 Å². The Morgan fingerprint density at radius 1 is 1.29 bits per heavy atom. The van der Waals surface area contributed by atoms with Crippen LogP contribution in [0.1, 0.15) is 33.3 Å². The van der Waals surface area contributed by atoms with Gasteiger partial charge < -0.3 is 10.2 Å². The normalized spacial score (nSPS) is 20.5. The van der Waals surface area contributed by atoms with Crippen LogP contribution in [0, 0.1) is 5.92 Å². The molecule has 1 heterocycles. The summed E-state index contributed by atoms with van der Waals surface area (Å²) in [4.78, 5) is 2.35. The van der Waals surface area contributed by atoms with E-state index in [4.69, 9.17) is 0 Å². The zero-order valence-corrected chi connectivity index (χ0v) is 11.7. The number of hydrogen-bond acceptors (Lipinski definition) is 2. The average molecular weight is 232 g/mol. The lowest BCUT2D eigenvalue weighted by atomic mass is 9.86. The van der Waals surface area contributed by atoms with Gasteiger partial charge in [0.05, 0.1) is 11.4 Å². The van der Waals surface area contributed by atoms with Crippen LogP contribution in [-0.2, 0) is 5.41 Å². The van der Waals surface area contributed by atoms with Crippen molar-refractivity contribution < 1.29 is 0 Å². The summed E-state index contributed by atoms with van der Waals surface area (Å²) in [7, 11) is 2.18. The molecule has 0 saturated heterocycles. The van der Waals surface area contributed by atoms with Crippen molar-refractivity contribution in [2.45, 2.75) is 33.1 Å². The molecule has 0 fully saturated rings. The quantitative estimate of drug-likeness (QED) is 0.736. The second-order valence-corrected chi connectivity index (χ2v) is 6.35. The first-order valence-corrected chi connectivity index (χ1v) is 6.47. The number of fused-ring (bicyclic) bond motifs is 1. The van der Waals surface area contributed by atoms with Gasteiger partial charge in [-0.2, -0.15) is 0 Å². The van der Waals surface area contributed by atoms with Crippen LogP contribution in [0.5, 0.6) is 0 Å². The molecule has 17 heavy (non-hydrogen) atoms. The first kappa shape index (κ1) is 12.3. The monoisotopic (exact) mass is 232 g/mol. The molecular formula is C15H24N2. The van der Waals surface area contributed by atoms with Crippen LogP contribution in [0.2, 0.25) is 0 Å². The molecule has 0 saturated carbocycles. The number of nitrogens with one attached hydrogen (secondary N) is 1. The Labute approximate surface area is 105 Å². The molecule has 0 radical (unpaired) electrons. The van der Waals surface area contributed by atoms with Crippen molar-refractivity contribution >= 4 is 11.4 Å². The van der Waals surface area contributed by atoms with Crippen molar-refractivity contribution in [3.8, 4) is 0 Å². The molecule has 0 amide bonds. The lowest BCUT2D eigenvalue weighted by Crippen LogP contribution is -2.24. The summed E-state index contributed by atoms with van der Waals surface area (Å²) < 4.78 is 0. The molecule has 2 rings (SSSR count). The van der Waals surface area contributed by atoms with Gasteiger partial charge in [-0.1, -0.05) is 33.8 Å². The van der Waals surface area contributed by atoms with E-state index in [1.54, 1.807) is 0 Å². The van der Waals surface area contributed by atoms with Gasteiger partial charge in [-0.25, -0.2) is 0 Å². The predicted octanol–water partition coefficient (Wildman–Crippen LogP) is 3.48. The van der Waals surface area contributed by atoms with Gasteiger partial charge >= 0.3 is 0 Å². The van der Waals surface area contributed by atoms with Crippen molar-refractivity contribution in [2.24, 2.45) is 5.92 Å². The van der Waals surface area contributed by atoms with Crippen molar-refractivity contribution in [2.75, 3.05) is 30.4 Å². The van der Waals surface area contributed by atoms with Gasteiger partial charge in [-0.05, 0) is 29.0 Å². The summed E-state index contributed by atoms with van der Waals surface area (Å²) in [6, 6.07) is 6.82. The van der Waals surface area contributed by atoms with Crippen molar-refractivity contribution in [3.63, 3.8) is 0 Å². The van der Waals surface area contributed by atoms with E-state index < -0.39 is 0 Å². The number of hydrogen-bond donors (Lipinski definition) is 1. The summed E-state index contributed by atoms with van der Waals surface area (Å²) in [6.07, 6.45) is 0. The van der Waals surface area contributed by atoms with Gasteiger partial charge in [0.1, 0.15) is 0 Å². The maximum absolute atomic E-state index is 3.58. The van der Waals surface area contributed by atoms with Crippen molar-refractivity contribution in [3.05, 3.63) is 23.8 Å². The predicted molar refractivity (Wildman–Crippen MR) is 76.1 cm³/mol. The lowest BCUT2D eigenvalue weighted by Gasteiger charge is -2.24. The third kappa shape index (κ3) is 2.56. The van der Waals surface area contributed by atoms with Crippen LogP contribution >= 0.6 is 0 Å². The summed E-state index contributed by atoms with van der Waals surface area (Å²) in [5.41, 5.74) is 4.21. The number of rotatable bonds is 0. The minimum absolute atomic E-state index is 0.215. The second kappa shape index (κ2) is 4.25. The van der Waals surface area contributed by atoms with Gasteiger partial charge in [0.25, 0.3) is 0 Å². The molecule has 0 spiro atoms. The highest BCUT2D eigenvalue weighted by Gasteiger charge is 2.19. The zero-order chi connectivity index (χ0) is 12.6. The largest absolute Gasteiger partial charge is 0.383 e. The van der Waals surface area contributed by atoms with Crippen LogP contribution in [0.15, 0.2) is 18.2 Å². The molecule has 1 atom stereocenters. The summed E-state index contributed by atoms with van der Waals surface area (Å²) in [6.45, 7) is 11.3. The molecule has 1 aliphatic rings. The number of nitrogens with zero attached hydrogens (tertiary/aromatic N) is 1. The molecule has 1 N–H and O–H groups in total. The van der Waals surface area contributed by atoms with E-state index in [2.05, 4.69) is 63.2 Å². The first-order chi connectivity index (χ1) is 7.88. The molecule has 94 valence electrons. The van der Waals surface area contributed by atoms with Crippen LogP contribution in [0.3, 0.4) is 0 Å². The van der Waals surface area contributed by atoms with Gasteiger partial charge in [0.2, 0.25) is 0 Å². The fourth-order valence-corrected chi connectivity index (χ4v) is 2.39. The summed E-state index contributed by atoms with van der Waals surface area (Å²) in [5, 5.41) is 3.58. The topological polar surface area (TPSA) is 15.3 Å². The molecular weight excluding hydrogens is 208 g/mol. The van der Waals surface area contributed by atoms with Crippen LogP contribution in [-0.4, -0.2) is 20.1 Å². The first-order valence-electron chi connectivity index (χ1n) is 6.47. The Morgan fingerprint density at radius 2 is 2.00 bits per heavy atom. The zero-order valence-electron chi connectivity index (χ0n) is 11.7. The maximum atomic E-state index is 3.58. The molecule has 1 aromatic carbocycles. The Kier molecular flexibility index (Phi) is 3.07. The Morgan fingerprint density at radius 3 is 2.65 bits per heavy atom. The van der Waals surface area contributed by atoms with Crippen LogP contribution < -0.4 is 10.2 Å². The molecule has 2 nitrogen and oxygen atoms in total. The van der Waals surface area contributed by atoms with E-state index in [9.17, 15) is 0 Å². The third-order valence-corrected chi connectivity index (χ3v) is 3.50. The van der Waals surface area contributed by atoms with Gasteiger partial charge in [0, 0.05) is 20.1 Å². The van der Waals surface area contributed by atoms with Gasteiger partial charge in [-0.3, -0.25) is 0 Å². The highest BCUT2D eigenvalue weighted by atomic mass is 15.1. The number of anilines is 2. The highest BCUT2D eigenvalue weighted by Crippen LogP contribution is 2.33. The third-order valence-electron chi connectivity index (χ3n) is 3.50. The standard InChI is InChI=1S/C15H24N2/c1-11-9-16-13-8-12(15(2,3)4)6-7-14(13)17(5)10-11/h6-8,11,16H,9-10H2,1-5H3. The Bertz CT molecular complexity index is 404. The minimum Gasteiger partial charge on any atom is -0.383 e. The molecule has 0 bridgehead atoms. The number of benzene rings is 1. The lowest BCUT2D eigenvalue weighted by molar-refractivity contribution is 0.590. The Hall–Kier alpha value is -1.18. The van der Waals surface area contributed by atoms with Gasteiger partial charge in [-0.15, -0.1) is 0 Å². The van der Waals surface area contributed by atoms with E-state index in [1.165, 1.54) is 16.9 Å². The average Bonchev–Trinajstić information content (AvgIpc) is 2.37. The van der Waals surface area contributed by atoms with E-state index in [0.29, 0.717) is 5.92 Å². The maximum Gasteiger partial charge on any atom is 0.0599 e.